The van der Waals surface area contributed by atoms with Crippen molar-refractivity contribution in [3.05, 3.63) is 29.7 Å². The minimum atomic E-state index is -0.944. The van der Waals surface area contributed by atoms with Crippen LogP contribution < -0.4 is 0 Å². The van der Waals surface area contributed by atoms with Crippen molar-refractivity contribution >= 4 is 16.9 Å². The van der Waals surface area contributed by atoms with Crippen molar-refractivity contribution in [2.24, 2.45) is 0 Å². The van der Waals surface area contributed by atoms with Crippen molar-refractivity contribution in [3.8, 4) is 0 Å². The zero-order valence-electron chi connectivity index (χ0n) is 8.77. The minimum Gasteiger partial charge on any atom is -0.481 e. The first-order chi connectivity index (χ1) is 7.63. The van der Waals surface area contributed by atoms with Crippen LogP contribution >= 0.6 is 0 Å². The highest BCUT2D eigenvalue weighted by atomic mass is 19.1. The zero-order chi connectivity index (χ0) is 11.7. The Morgan fingerprint density at radius 3 is 2.94 bits per heavy atom. The number of aromatic nitrogens is 2. The number of hydrogen-bond acceptors (Lipinski definition) is 2. The molecule has 16 heavy (non-hydrogen) atoms. The van der Waals surface area contributed by atoms with Crippen LogP contribution in [0.3, 0.4) is 0 Å². The number of aliphatic carboxylic acids is 1. The lowest BCUT2D eigenvalue weighted by atomic mass is 10.1. The lowest BCUT2D eigenvalue weighted by Gasteiger charge is -2.01. The quantitative estimate of drug-likeness (QED) is 0.861. The van der Waals surface area contributed by atoms with Gasteiger partial charge in [0, 0.05) is 11.9 Å². The number of rotatable bonds is 3. The maximum atomic E-state index is 13.4. The first-order valence-corrected chi connectivity index (χ1v) is 4.99. The van der Waals surface area contributed by atoms with Gasteiger partial charge in [0.05, 0.1) is 12.1 Å². The molecule has 4 nitrogen and oxygen atoms in total. The van der Waals surface area contributed by atoms with Gasteiger partial charge in [-0.2, -0.15) is 5.10 Å². The minimum absolute atomic E-state index is 0.145. The van der Waals surface area contributed by atoms with Crippen molar-refractivity contribution in [3.63, 3.8) is 0 Å². The summed E-state index contributed by atoms with van der Waals surface area (Å²) in [7, 11) is 0. The van der Waals surface area contributed by atoms with Crippen molar-refractivity contribution in [2.45, 2.75) is 19.9 Å². The molecule has 0 aliphatic carbocycles. The van der Waals surface area contributed by atoms with Gasteiger partial charge in [0.1, 0.15) is 5.52 Å². The monoisotopic (exact) mass is 222 g/mol. The summed E-state index contributed by atoms with van der Waals surface area (Å²) >= 11 is 0. The molecule has 1 N–H and O–H groups in total. The molecule has 0 saturated carbocycles. The lowest BCUT2D eigenvalue weighted by molar-refractivity contribution is -0.136. The molecule has 0 saturated heterocycles. The Morgan fingerprint density at radius 2 is 2.31 bits per heavy atom. The van der Waals surface area contributed by atoms with Crippen molar-refractivity contribution < 1.29 is 14.3 Å². The summed E-state index contributed by atoms with van der Waals surface area (Å²) in [6.07, 6.45) is -0.145. The van der Waals surface area contributed by atoms with Crippen LogP contribution in [0.1, 0.15) is 12.6 Å². The molecule has 2 rings (SSSR count). The summed E-state index contributed by atoms with van der Waals surface area (Å²) in [5, 5.41) is 13.4. The highest BCUT2D eigenvalue weighted by molar-refractivity contribution is 5.85. The van der Waals surface area contributed by atoms with Gasteiger partial charge in [0.15, 0.2) is 5.82 Å². The van der Waals surface area contributed by atoms with Crippen LogP contribution in [0, 0.1) is 5.82 Å². The number of fused-ring (bicyclic) bond motifs is 1. The van der Waals surface area contributed by atoms with Crippen LogP contribution in [0.25, 0.3) is 10.9 Å². The molecular formula is C11H11FN2O2. The van der Waals surface area contributed by atoms with Crippen LogP contribution in [-0.4, -0.2) is 20.9 Å². The fraction of sp³-hybridized carbons (Fsp3) is 0.273. The van der Waals surface area contributed by atoms with Crippen LogP contribution in [0.4, 0.5) is 4.39 Å². The average molecular weight is 222 g/mol. The molecule has 84 valence electrons. The van der Waals surface area contributed by atoms with Gasteiger partial charge in [-0.25, -0.2) is 4.39 Å². The molecule has 0 amide bonds. The van der Waals surface area contributed by atoms with E-state index in [2.05, 4.69) is 5.10 Å². The van der Waals surface area contributed by atoms with Gasteiger partial charge >= 0.3 is 5.97 Å². The summed E-state index contributed by atoms with van der Waals surface area (Å²) in [6, 6.07) is 4.57. The molecule has 0 aliphatic rings. The Balaban J connectivity index is 2.68. The Morgan fingerprint density at radius 1 is 1.56 bits per heavy atom. The predicted octanol–water partition coefficient (Wildman–Crippen LogP) is 1.82. The van der Waals surface area contributed by atoms with Crippen molar-refractivity contribution in [2.75, 3.05) is 0 Å². The van der Waals surface area contributed by atoms with E-state index in [9.17, 15) is 9.18 Å². The van der Waals surface area contributed by atoms with E-state index >= 15 is 0 Å². The third kappa shape index (κ3) is 1.64. The Hall–Kier alpha value is -1.91. The Bertz CT molecular complexity index is 548. The maximum Gasteiger partial charge on any atom is 0.309 e. The fourth-order valence-electron chi connectivity index (χ4n) is 1.76. The van der Waals surface area contributed by atoms with Gasteiger partial charge in [-0.05, 0) is 13.0 Å². The number of carboxylic acids is 1. The van der Waals surface area contributed by atoms with Crippen LogP contribution in [-0.2, 0) is 17.8 Å². The second kappa shape index (κ2) is 3.92. The normalized spacial score (nSPS) is 10.9. The summed E-state index contributed by atoms with van der Waals surface area (Å²) in [5.41, 5.74) is 0.783. The third-order valence-electron chi connectivity index (χ3n) is 2.45. The van der Waals surface area contributed by atoms with E-state index in [1.807, 2.05) is 6.92 Å². The predicted molar refractivity (Wildman–Crippen MR) is 56.7 cm³/mol. The molecule has 0 spiro atoms. The number of benzene rings is 1. The van der Waals surface area contributed by atoms with E-state index in [4.69, 9.17) is 5.11 Å². The number of aryl methyl sites for hydroxylation is 1. The first kappa shape index (κ1) is 10.6. The maximum absolute atomic E-state index is 13.4. The molecule has 1 aromatic carbocycles. The molecule has 1 heterocycles. The zero-order valence-corrected chi connectivity index (χ0v) is 8.77. The molecular weight excluding hydrogens is 211 g/mol. The standard InChI is InChI=1S/C11H11FN2O2/c1-2-14-9(6-10(15)16)7-4-3-5-8(12)11(7)13-14/h3-5H,2,6H2,1H3,(H,15,16). The van der Waals surface area contributed by atoms with Gasteiger partial charge < -0.3 is 5.11 Å². The second-order valence-corrected chi connectivity index (χ2v) is 3.47. The van der Waals surface area contributed by atoms with E-state index < -0.39 is 11.8 Å². The van der Waals surface area contributed by atoms with Crippen molar-refractivity contribution in [1.29, 1.82) is 0 Å². The number of carboxylic acid groups (broad SMARTS) is 1. The topological polar surface area (TPSA) is 55.1 Å². The molecule has 0 fully saturated rings. The van der Waals surface area contributed by atoms with Crippen LogP contribution in [0.15, 0.2) is 18.2 Å². The summed E-state index contributed by atoms with van der Waals surface area (Å²) in [5.74, 6) is -1.36. The van der Waals surface area contributed by atoms with Gasteiger partial charge in [-0.1, -0.05) is 12.1 Å². The first-order valence-electron chi connectivity index (χ1n) is 4.99. The Labute approximate surface area is 91.3 Å². The second-order valence-electron chi connectivity index (χ2n) is 3.47. The number of hydrogen-bond donors (Lipinski definition) is 1. The third-order valence-corrected chi connectivity index (χ3v) is 2.45. The smallest absolute Gasteiger partial charge is 0.309 e. The molecule has 5 heteroatoms. The fourth-order valence-corrected chi connectivity index (χ4v) is 1.76. The molecule has 0 bridgehead atoms. The average Bonchev–Trinajstić information content (AvgIpc) is 2.58. The Kier molecular flexibility index (Phi) is 2.60. The number of halogens is 1. The SMILES string of the molecule is CCn1nc2c(F)cccc2c1CC(=O)O. The van der Waals surface area contributed by atoms with Crippen molar-refractivity contribution in [1.82, 2.24) is 9.78 Å². The van der Waals surface area contributed by atoms with E-state index in [0.29, 0.717) is 17.6 Å². The van der Waals surface area contributed by atoms with Gasteiger partial charge in [0.25, 0.3) is 0 Å². The molecule has 1 aromatic heterocycles. The molecule has 0 radical (unpaired) electrons. The van der Waals surface area contributed by atoms with E-state index in [1.165, 1.54) is 10.7 Å². The number of carbonyl (C=O) groups is 1. The summed E-state index contributed by atoms with van der Waals surface area (Å²) < 4.78 is 15.0. The van der Waals surface area contributed by atoms with Gasteiger partial charge in [0.2, 0.25) is 0 Å². The molecule has 2 aromatic rings. The number of nitrogens with zero attached hydrogens (tertiary/aromatic N) is 2. The van der Waals surface area contributed by atoms with E-state index in [0.717, 1.165) is 0 Å². The van der Waals surface area contributed by atoms with Gasteiger partial charge in [-0.3, -0.25) is 9.48 Å². The van der Waals surface area contributed by atoms with Crippen LogP contribution in [0.5, 0.6) is 0 Å². The van der Waals surface area contributed by atoms with Crippen LogP contribution in [0.2, 0.25) is 0 Å². The highest BCUT2D eigenvalue weighted by Crippen LogP contribution is 2.21. The molecule has 0 unspecified atom stereocenters. The largest absolute Gasteiger partial charge is 0.481 e. The summed E-state index contributed by atoms with van der Waals surface area (Å²) in [4.78, 5) is 10.7. The van der Waals surface area contributed by atoms with E-state index in [-0.39, 0.29) is 11.9 Å². The molecule has 0 aliphatic heterocycles. The lowest BCUT2D eigenvalue weighted by Crippen LogP contribution is -2.08. The van der Waals surface area contributed by atoms with Gasteiger partial charge in [-0.15, -0.1) is 0 Å². The molecule has 0 atom stereocenters. The van der Waals surface area contributed by atoms with E-state index in [1.54, 1.807) is 12.1 Å². The summed E-state index contributed by atoms with van der Waals surface area (Å²) in [6.45, 7) is 2.37. The highest BCUT2D eigenvalue weighted by Gasteiger charge is 2.15.